The summed E-state index contributed by atoms with van der Waals surface area (Å²) in [5.74, 6) is -0.311. The van der Waals surface area contributed by atoms with Crippen molar-refractivity contribution < 1.29 is 9.50 Å². The highest BCUT2D eigenvalue weighted by molar-refractivity contribution is 9.10. The Hall–Kier alpha value is -0.420. The summed E-state index contributed by atoms with van der Waals surface area (Å²) in [7, 11) is 0. The monoisotopic (exact) mass is 348 g/mol. The molecule has 0 aliphatic heterocycles. The van der Waals surface area contributed by atoms with Crippen molar-refractivity contribution in [3.63, 3.8) is 0 Å². The van der Waals surface area contributed by atoms with E-state index in [1.165, 1.54) is 23.5 Å². The molecule has 0 aliphatic rings. The number of hydrogen-bond donors (Lipinski definition) is 1. The molecule has 1 heterocycles. The topological polar surface area (TPSA) is 20.2 Å². The average Bonchev–Trinajstić information content (AvgIpc) is 2.65. The summed E-state index contributed by atoms with van der Waals surface area (Å²) >= 11 is 10.9. The van der Waals surface area contributed by atoms with Crippen LogP contribution in [-0.4, -0.2) is 5.11 Å². The molecular formula is C13H11BrClFOS. The van der Waals surface area contributed by atoms with Crippen LogP contribution in [0.5, 0.6) is 0 Å². The van der Waals surface area contributed by atoms with Gasteiger partial charge < -0.3 is 5.11 Å². The second kappa shape index (κ2) is 5.70. The van der Waals surface area contributed by atoms with E-state index >= 15 is 0 Å². The van der Waals surface area contributed by atoms with E-state index in [0.29, 0.717) is 11.4 Å². The van der Waals surface area contributed by atoms with E-state index in [1.807, 2.05) is 12.3 Å². The summed E-state index contributed by atoms with van der Waals surface area (Å²) in [5.41, 5.74) is 1.68. The van der Waals surface area contributed by atoms with E-state index < -0.39 is 6.10 Å². The van der Waals surface area contributed by atoms with Crippen molar-refractivity contribution in [2.75, 3.05) is 0 Å². The molecule has 0 amide bonds. The van der Waals surface area contributed by atoms with E-state index in [9.17, 15) is 9.50 Å². The number of rotatable bonds is 3. The van der Waals surface area contributed by atoms with Crippen LogP contribution in [0.15, 0.2) is 28.1 Å². The Morgan fingerprint density at radius 3 is 2.83 bits per heavy atom. The van der Waals surface area contributed by atoms with Gasteiger partial charge in [-0.1, -0.05) is 27.5 Å². The van der Waals surface area contributed by atoms with Crippen molar-refractivity contribution in [3.8, 4) is 0 Å². The van der Waals surface area contributed by atoms with Gasteiger partial charge in [-0.3, -0.25) is 0 Å². The van der Waals surface area contributed by atoms with Gasteiger partial charge in [0.25, 0.3) is 0 Å². The molecule has 0 radical (unpaired) electrons. The average molecular weight is 350 g/mol. The van der Waals surface area contributed by atoms with Gasteiger partial charge in [-0.05, 0) is 41.6 Å². The van der Waals surface area contributed by atoms with Gasteiger partial charge in [-0.15, -0.1) is 11.3 Å². The molecule has 0 fully saturated rings. The molecule has 1 aromatic heterocycles. The van der Waals surface area contributed by atoms with E-state index in [-0.39, 0.29) is 5.82 Å². The van der Waals surface area contributed by atoms with E-state index in [4.69, 9.17) is 11.6 Å². The first-order chi connectivity index (χ1) is 8.49. The maximum atomic E-state index is 13.2. The third-order valence-electron chi connectivity index (χ3n) is 2.65. The molecule has 2 rings (SSSR count). The molecule has 1 nitrogen and oxygen atoms in total. The molecule has 1 unspecified atom stereocenters. The van der Waals surface area contributed by atoms with E-state index in [2.05, 4.69) is 15.9 Å². The first-order valence-electron chi connectivity index (χ1n) is 5.34. The smallest absolute Gasteiger partial charge is 0.123 e. The van der Waals surface area contributed by atoms with Crippen molar-refractivity contribution in [1.29, 1.82) is 0 Å². The third-order valence-corrected chi connectivity index (χ3v) is 5.24. The zero-order valence-corrected chi connectivity index (χ0v) is 12.7. The Kier molecular flexibility index (Phi) is 4.43. The fourth-order valence-corrected chi connectivity index (χ4v) is 3.39. The quantitative estimate of drug-likeness (QED) is 0.836. The highest BCUT2D eigenvalue weighted by Crippen LogP contribution is 2.35. The van der Waals surface area contributed by atoms with Gasteiger partial charge in [-0.2, -0.15) is 0 Å². The lowest BCUT2D eigenvalue weighted by atomic mass is 10.1. The largest absolute Gasteiger partial charge is 0.387 e. The Labute approximate surface area is 122 Å². The SMILES string of the molecule is Cc1csc(C(O)Cc2cc(F)ccc2Br)c1Cl. The Morgan fingerprint density at radius 2 is 2.22 bits per heavy atom. The van der Waals surface area contributed by atoms with Crippen molar-refractivity contribution >= 4 is 38.9 Å². The molecule has 5 heteroatoms. The maximum Gasteiger partial charge on any atom is 0.123 e. The molecule has 0 spiro atoms. The fourth-order valence-electron chi connectivity index (χ4n) is 1.68. The second-order valence-electron chi connectivity index (χ2n) is 4.05. The molecule has 0 aliphatic carbocycles. The number of benzene rings is 1. The fraction of sp³-hybridized carbons (Fsp3) is 0.231. The normalized spacial score (nSPS) is 12.7. The predicted octanol–water partition coefficient (Wildman–Crippen LogP) is 4.89. The van der Waals surface area contributed by atoms with Crippen LogP contribution in [0.3, 0.4) is 0 Å². The van der Waals surface area contributed by atoms with Crippen LogP contribution in [-0.2, 0) is 6.42 Å². The molecule has 2 aromatic rings. The van der Waals surface area contributed by atoms with Crippen molar-refractivity contribution in [2.24, 2.45) is 0 Å². The Bertz CT molecular complexity index is 570. The molecule has 96 valence electrons. The van der Waals surface area contributed by atoms with Crippen molar-refractivity contribution in [3.05, 3.63) is 54.9 Å². The highest BCUT2D eigenvalue weighted by Gasteiger charge is 2.17. The Balaban J connectivity index is 2.23. The number of halogens is 3. The van der Waals surface area contributed by atoms with Gasteiger partial charge >= 0.3 is 0 Å². The molecule has 1 aromatic carbocycles. The summed E-state index contributed by atoms with van der Waals surface area (Å²) < 4.78 is 13.9. The van der Waals surface area contributed by atoms with Gasteiger partial charge in [0.1, 0.15) is 5.82 Å². The van der Waals surface area contributed by atoms with Gasteiger partial charge in [0, 0.05) is 10.9 Å². The van der Waals surface area contributed by atoms with Gasteiger partial charge in [0.15, 0.2) is 0 Å². The lowest BCUT2D eigenvalue weighted by Gasteiger charge is -2.11. The van der Waals surface area contributed by atoms with Crippen LogP contribution in [0.1, 0.15) is 22.1 Å². The zero-order valence-electron chi connectivity index (χ0n) is 9.58. The van der Waals surface area contributed by atoms with Crippen LogP contribution < -0.4 is 0 Å². The molecule has 1 atom stereocenters. The first kappa shape index (κ1) is 14.0. The van der Waals surface area contributed by atoms with Crippen LogP contribution in [0, 0.1) is 12.7 Å². The molecule has 18 heavy (non-hydrogen) atoms. The summed E-state index contributed by atoms with van der Waals surface area (Å²) in [6.07, 6.45) is -0.382. The number of aliphatic hydroxyl groups excluding tert-OH is 1. The summed E-state index contributed by atoms with van der Waals surface area (Å²) in [4.78, 5) is 0.727. The molecule has 1 N–H and O–H groups in total. The highest BCUT2D eigenvalue weighted by atomic mass is 79.9. The maximum absolute atomic E-state index is 13.2. The molecule has 0 saturated heterocycles. The lowest BCUT2D eigenvalue weighted by Crippen LogP contribution is -2.01. The summed E-state index contributed by atoms with van der Waals surface area (Å²) in [5, 5.41) is 12.7. The molecule has 0 saturated carbocycles. The van der Waals surface area contributed by atoms with Crippen molar-refractivity contribution in [2.45, 2.75) is 19.4 Å². The lowest BCUT2D eigenvalue weighted by molar-refractivity contribution is 0.182. The van der Waals surface area contributed by atoms with E-state index in [0.717, 1.165) is 20.5 Å². The van der Waals surface area contributed by atoms with Gasteiger partial charge in [0.05, 0.1) is 16.0 Å². The Morgan fingerprint density at radius 1 is 1.50 bits per heavy atom. The third kappa shape index (κ3) is 2.94. The number of aryl methyl sites for hydroxylation is 1. The molecular weight excluding hydrogens is 339 g/mol. The number of hydrogen-bond acceptors (Lipinski definition) is 2. The zero-order chi connectivity index (χ0) is 13.3. The van der Waals surface area contributed by atoms with Crippen LogP contribution in [0.25, 0.3) is 0 Å². The minimum atomic E-state index is -0.714. The van der Waals surface area contributed by atoms with Crippen LogP contribution in [0.4, 0.5) is 4.39 Å². The van der Waals surface area contributed by atoms with Crippen LogP contribution >= 0.6 is 38.9 Å². The summed E-state index contributed by atoms with van der Waals surface area (Å²) in [6, 6.07) is 4.43. The van der Waals surface area contributed by atoms with Crippen molar-refractivity contribution in [1.82, 2.24) is 0 Å². The second-order valence-corrected chi connectivity index (χ2v) is 6.20. The van der Waals surface area contributed by atoms with Gasteiger partial charge in [-0.25, -0.2) is 4.39 Å². The van der Waals surface area contributed by atoms with E-state index in [1.54, 1.807) is 6.07 Å². The minimum Gasteiger partial charge on any atom is -0.387 e. The van der Waals surface area contributed by atoms with Crippen LogP contribution in [0.2, 0.25) is 5.02 Å². The standard InChI is InChI=1S/C13H11BrClFOS/c1-7-6-18-13(12(7)15)11(17)5-8-4-9(16)2-3-10(8)14/h2-4,6,11,17H,5H2,1H3. The van der Waals surface area contributed by atoms with Gasteiger partial charge in [0.2, 0.25) is 0 Å². The molecule has 0 bridgehead atoms. The minimum absolute atomic E-state index is 0.311. The number of aliphatic hydroxyl groups is 1. The number of thiophene rings is 1. The first-order valence-corrected chi connectivity index (χ1v) is 7.39. The summed E-state index contributed by atoms with van der Waals surface area (Å²) in [6.45, 7) is 1.90. The predicted molar refractivity (Wildman–Crippen MR) is 76.8 cm³/mol.